The molecule has 2 aliphatic rings. The molecule has 0 aliphatic carbocycles. The number of carbonyl (C=O) groups excluding carboxylic acids is 1. The standard InChI is InChI=1S/C22H28N2O2/c1-2-26-21-12-11-17-7-3-4-9-19(17)20(21)16-23-13-5-8-18(15-23)24-14-6-10-22(24)25/h3-4,7,9,11-12,18H,2,5-6,8,10,13-16H2,1H3/t18-/m0/s1. The van der Waals surface area contributed by atoms with Crippen LogP contribution in [-0.4, -0.2) is 48.0 Å². The molecule has 2 heterocycles. The number of hydrogen-bond donors (Lipinski definition) is 0. The third-order valence-electron chi connectivity index (χ3n) is 5.71. The van der Waals surface area contributed by atoms with Crippen molar-refractivity contribution in [2.45, 2.75) is 45.2 Å². The van der Waals surface area contributed by atoms with Crippen molar-refractivity contribution in [3.8, 4) is 5.75 Å². The normalized spacial score (nSPS) is 21.5. The first-order chi connectivity index (χ1) is 12.8. The van der Waals surface area contributed by atoms with E-state index < -0.39 is 0 Å². The first-order valence-corrected chi connectivity index (χ1v) is 9.91. The Bertz CT molecular complexity index is 789. The monoisotopic (exact) mass is 352 g/mol. The molecule has 2 aromatic rings. The van der Waals surface area contributed by atoms with Crippen LogP contribution >= 0.6 is 0 Å². The summed E-state index contributed by atoms with van der Waals surface area (Å²) >= 11 is 0. The summed E-state index contributed by atoms with van der Waals surface area (Å²) < 4.78 is 5.94. The van der Waals surface area contributed by atoms with Gasteiger partial charge in [0, 0.05) is 37.7 Å². The van der Waals surface area contributed by atoms with Crippen LogP contribution in [0, 0.1) is 0 Å². The smallest absolute Gasteiger partial charge is 0.222 e. The molecule has 0 saturated carbocycles. The molecule has 2 aliphatic heterocycles. The summed E-state index contributed by atoms with van der Waals surface area (Å²) in [4.78, 5) is 16.8. The van der Waals surface area contributed by atoms with Crippen LogP contribution in [0.2, 0.25) is 0 Å². The van der Waals surface area contributed by atoms with E-state index >= 15 is 0 Å². The molecule has 0 N–H and O–H groups in total. The second-order valence-corrected chi connectivity index (χ2v) is 7.42. The van der Waals surface area contributed by atoms with Crippen LogP contribution in [0.3, 0.4) is 0 Å². The summed E-state index contributed by atoms with van der Waals surface area (Å²) in [6.45, 7) is 6.60. The second kappa shape index (κ2) is 7.67. The summed E-state index contributed by atoms with van der Waals surface area (Å²) in [6, 6.07) is 13.2. The van der Waals surface area contributed by atoms with Gasteiger partial charge in [0.25, 0.3) is 0 Å². The number of benzene rings is 2. The maximum absolute atomic E-state index is 12.1. The minimum Gasteiger partial charge on any atom is -0.494 e. The van der Waals surface area contributed by atoms with Crippen LogP contribution < -0.4 is 4.74 Å². The highest BCUT2D eigenvalue weighted by Gasteiger charge is 2.31. The number of carbonyl (C=O) groups is 1. The fourth-order valence-corrected chi connectivity index (χ4v) is 4.48. The van der Waals surface area contributed by atoms with E-state index in [1.165, 1.54) is 16.3 Å². The summed E-state index contributed by atoms with van der Waals surface area (Å²) in [5.41, 5.74) is 1.28. The van der Waals surface area contributed by atoms with Gasteiger partial charge in [-0.2, -0.15) is 0 Å². The topological polar surface area (TPSA) is 32.8 Å². The number of amides is 1. The summed E-state index contributed by atoms with van der Waals surface area (Å²) in [7, 11) is 0. The van der Waals surface area contributed by atoms with Gasteiger partial charge in [-0.1, -0.05) is 30.3 Å². The zero-order chi connectivity index (χ0) is 17.9. The lowest BCUT2D eigenvalue weighted by molar-refractivity contribution is -0.130. The molecule has 0 bridgehead atoms. The lowest BCUT2D eigenvalue weighted by Crippen LogP contribution is -2.48. The number of piperidine rings is 1. The van der Waals surface area contributed by atoms with E-state index in [0.29, 0.717) is 18.6 Å². The Morgan fingerprint density at radius 2 is 2.00 bits per heavy atom. The maximum Gasteiger partial charge on any atom is 0.222 e. The Kier molecular flexibility index (Phi) is 5.11. The van der Waals surface area contributed by atoms with Crippen molar-refractivity contribution < 1.29 is 9.53 Å². The minimum absolute atomic E-state index is 0.344. The summed E-state index contributed by atoms with van der Waals surface area (Å²) in [5, 5.41) is 2.53. The van der Waals surface area contributed by atoms with Crippen molar-refractivity contribution in [3.63, 3.8) is 0 Å². The quantitative estimate of drug-likeness (QED) is 0.820. The predicted molar refractivity (Wildman–Crippen MR) is 104 cm³/mol. The Balaban J connectivity index is 1.57. The first-order valence-electron chi connectivity index (χ1n) is 9.91. The average molecular weight is 352 g/mol. The molecule has 4 nitrogen and oxygen atoms in total. The van der Waals surface area contributed by atoms with Gasteiger partial charge in [-0.05, 0) is 49.6 Å². The van der Waals surface area contributed by atoms with Gasteiger partial charge in [0.1, 0.15) is 5.75 Å². The molecule has 2 fully saturated rings. The third kappa shape index (κ3) is 3.43. The molecule has 0 aromatic heterocycles. The molecule has 2 aromatic carbocycles. The van der Waals surface area contributed by atoms with E-state index in [0.717, 1.165) is 57.6 Å². The lowest BCUT2D eigenvalue weighted by atomic mass is 10.00. The Morgan fingerprint density at radius 1 is 1.12 bits per heavy atom. The molecular weight excluding hydrogens is 324 g/mol. The molecule has 26 heavy (non-hydrogen) atoms. The highest BCUT2D eigenvalue weighted by Crippen LogP contribution is 2.31. The molecule has 0 unspecified atom stereocenters. The highest BCUT2D eigenvalue weighted by atomic mass is 16.5. The molecule has 1 atom stereocenters. The van der Waals surface area contributed by atoms with Gasteiger partial charge >= 0.3 is 0 Å². The van der Waals surface area contributed by atoms with Gasteiger partial charge in [0.15, 0.2) is 0 Å². The lowest BCUT2D eigenvalue weighted by Gasteiger charge is -2.38. The van der Waals surface area contributed by atoms with E-state index in [9.17, 15) is 4.79 Å². The third-order valence-corrected chi connectivity index (χ3v) is 5.71. The number of ether oxygens (including phenoxy) is 1. The van der Waals surface area contributed by atoms with Gasteiger partial charge < -0.3 is 9.64 Å². The van der Waals surface area contributed by atoms with Gasteiger partial charge in [0.2, 0.25) is 5.91 Å². The van der Waals surface area contributed by atoms with Crippen LogP contribution in [0.4, 0.5) is 0 Å². The van der Waals surface area contributed by atoms with Crippen molar-refractivity contribution >= 4 is 16.7 Å². The van der Waals surface area contributed by atoms with Crippen molar-refractivity contribution in [1.29, 1.82) is 0 Å². The van der Waals surface area contributed by atoms with E-state index in [1.807, 2.05) is 6.92 Å². The van der Waals surface area contributed by atoms with Crippen LogP contribution in [0.5, 0.6) is 5.75 Å². The highest BCUT2D eigenvalue weighted by molar-refractivity contribution is 5.87. The fraction of sp³-hybridized carbons (Fsp3) is 0.500. The largest absolute Gasteiger partial charge is 0.494 e. The second-order valence-electron chi connectivity index (χ2n) is 7.42. The SMILES string of the molecule is CCOc1ccc2ccccc2c1CN1CCC[C@H](N2CCCC2=O)C1. The maximum atomic E-state index is 12.1. The first kappa shape index (κ1) is 17.3. The molecule has 2 saturated heterocycles. The predicted octanol–water partition coefficient (Wildman–Crippen LogP) is 3.83. The fourth-order valence-electron chi connectivity index (χ4n) is 4.48. The number of hydrogen-bond acceptors (Lipinski definition) is 3. The number of rotatable bonds is 5. The van der Waals surface area contributed by atoms with Crippen LogP contribution in [0.15, 0.2) is 36.4 Å². The average Bonchev–Trinajstić information content (AvgIpc) is 3.10. The van der Waals surface area contributed by atoms with Crippen LogP contribution in [-0.2, 0) is 11.3 Å². The summed E-state index contributed by atoms with van der Waals surface area (Å²) in [5.74, 6) is 1.34. The molecule has 1 amide bonds. The zero-order valence-corrected chi connectivity index (χ0v) is 15.6. The molecular formula is C22H28N2O2. The van der Waals surface area contributed by atoms with Gasteiger partial charge in [-0.15, -0.1) is 0 Å². The van der Waals surface area contributed by atoms with Crippen molar-refractivity contribution in [1.82, 2.24) is 9.80 Å². The molecule has 138 valence electrons. The number of fused-ring (bicyclic) bond motifs is 1. The van der Waals surface area contributed by atoms with Crippen LogP contribution in [0.25, 0.3) is 10.8 Å². The van der Waals surface area contributed by atoms with Crippen molar-refractivity contribution in [2.75, 3.05) is 26.2 Å². The van der Waals surface area contributed by atoms with Gasteiger partial charge in [0.05, 0.1) is 6.61 Å². The Morgan fingerprint density at radius 3 is 2.81 bits per heavy atom. The van der Waals surface area contributed by atoms with Gasteiger partial charge in [-0.3, -0.25) is 9.69 Å². The Labute approximate surface area is 155 Å². The van der Waals surface area contributed by atoms with E-state index in [1.54, 1.807) is 0 Å². The van der Waals surface area contributed by atoms with E-state index in [4.69, 9.17) is 4.74 Å². The summed E-state index contributed by atoms with van der Waals surface area (Å²) in [6.07, 6.45) is 4.04. The Hall–Kier alpha value is -2.07. The number of nitrogens with zero attached hydrogens (tertiary/aromatic N) is 2. The molecule has 0 spiro atoms. The molecule has 4 heteroatoms. The minimum atomic E-state index is 0.344. The van der Waals surface area contributed by atoms with Crippen molar-refractivity contribution in [3.05, 3.63) is 42.0 Å². The van der Waals surface area contributed by atoms with Crippen molar-refractivity contribution in [2.24, 2.45) is 0 Å². The molecule has 0 radical (unpaired) electrons. The zero-order valence-electron chi connectivity index (χ0n) is 15.6. The van der Waals surface area contributed by atoms with Crippen LogP contribution in [0.1, 0.15) is 38.2 Å². The number of likely N-dealkylation sites (tertiary alicyclic amines) is 2. The van der Waals surface area contributed by atoms with E-state index in [-0.39, 0.29) is 0 Å². The van der Waals surface area contributed by atoms with E-state index in [2.05, 4.69) is 46.2 Å². The van der Waals surface area contributed by atoms with Gasteiger partial charge in [-0.25, -0.2) is 0 Å². The molecule has 4 rings (SSSR count).